The van der Waals surface area contributed by atoms with Crippen LogP contribution in [-0.2, 0) is 14.3 Å². The van der Waals surface area contributed by atoms with Crippen molar-refractivity contribution in [3.63, 3.8) is 0 Å². The van der Waals surface area contributed by atoms with Crippen LogP contribution < -0.4 is 4.74 Å². The molecule has 1 aliphatic rings. The first kappa shape index (κ1) is 18.6. The maximum Gasteiger partial charge on any atom is 0.411 e. The van der Waals surface area contributed by atoms with Crippen LogP contribution in [0.3, 0.4) is 0 Å². The molecule has 0 bridgehead atoms. The summed E-state index contributed by atoms with van der Waals surface area (Å²) in [5, 5.41) is 0. The molecule has 2 rings (SSSR count). The number of nitrogens with zero attached hydrogens (tertiary/aromatic N) is 1. The second kappa shape index (κ2) is 7.42. The Morgan fingerprint density at radius 1 is 1.29 bits per heavy atom. The smallest absolute Gasteiger partial charge is 0.411 e. The Hall–Kier alpha value is -1.76. The Kier molecular flexibility index (Phi) is 5.74. The Labute approximate surface area is 150 Å². The Morgan fingerprint density at radius 2 is 2.00 bits per heavy atom. The van der Waals surface area contributed by atoms with Gasteiger partial charge < -0.3 is 14.2 Å². The molecule has 1 aromatic carbocycles. The van der Waals surface area contributed by atoms with Crippen LogP contribution in [0.15, 0.2) is 28.7 Å². The summed E-state index contributed by atoms with van der Waals surface area (Å²) in [6.07, 6.45) is -0.493. The van der Waals surface area contributed by atoms with Crippen LogP contribution in [0.2, 0.25) is 0 Å². The summed E-state index contributed by atoms with van der Waals surface area (Å²) in [7, 11) is 1.30. The normalized spacial score (nSPS) is 20.6. The van der Waals surface area contributed by atoms with Crippen molar-refractivity contribution in [3.05, 3.63) is 28.7 Å². The molecule has 1 amide bonds. The zero-order valence-electron chi connectivity index (χ0n) is 14.2. The van der Waals surface area contributed by atoms with E-state index in [0.717, 1.165) is 4.47 Å². The number of ether oxygens (including phenoxy) is 3. The van der Waals surface area contributed by atoms with Gasteiger partial charge in [0.15, 0.2) is 0 Å². The predicted octanol–water partition coefficient (Wildman–Crippen LogP) is 3.38. The topological polar surface area (TPSA) is 65.1 Å². The number of benzene rings is 1. The third-order valence-electron chi connectivity index (χ3n) is 3.46. The lowest BCUT2D eigenvalue weighted by Gasteiger charge is -2.27. The summed E-state index contributed by atoms with van der Waals surface area (Å²) in [6.45, 7) is 5.61. The van der Waals surface area contributed by atoms with E-state index in [1.54, 1.807) is 20.8 Å². The van der Waals surface area contributed by atoms with Gasteiger partial charge in [-0.25, -0.2) is 9.59 Å². The molecular weight excluding hydrogens is 378 g/mol. The van der Waals surface area contributed by atoms with E-state index in [0.29, 0.717) is 12.2 Å². The number of carbonyl (C=O) groups is 2. The maximum absolute atomic E-state index is 12.4. The molecule has 1 heterocycles. The molecule has 132 valence electrons. The number of carbonyl (C=O) groups excluding carboxylic acids is 2. The van der Waals surface area contributed by atoms with Gasteiger partial charge in [0.25, 0.3) is 0 Å². The molecule has 0 radical (unpaired) electrons. The zero-order valence-corrected chi connectivity index (χ0v) is 15.8. The first-order valence-corrected chi connectivity index (χ1v) is 8.48. The van der Waals surface area contributed by atoms with E-state index >= 15 is 0 Å². The van der Waals surface area contributed by atoms with Gasteiger partial charge in [-0.3, -0.25) is 4.90 Å². The lowest BCUT2D eigenvalue weighted by atomic mass is 10.2. The highest BCUT2D eigenvalue weighted by Gasteiger charge is 2.43. The minimum atomic E-state index is -0.706. The molecule has 1 aromatic rings. The Morgan fingerprint density at radius 3 is 2.58 bits per heavy atom. The minimum absolute atomic E-state index is 0.265. The highest BCUT2D eigenvalue weighted by molar-refractivity contribution is 9.10. The van der Waals surface area contributed by atoms with Crippen molar-refractivity contribution < 1.29 is 23.8 Å². The minimum Gasteiger partial charge on any atom is -0.488 e. The summed E-state index contributed by atoms with van der Waals surface area (Å²) < 4.78 is 17.0. The number of amides is 1. The van der Waals surface area contributed by atoms with Gasteiger partial charge in [-0.15, -0.1) is 0 Å². The monoisotopic (exact) mass is 399 g/mol. The van der Waals surface area contributed by atoms with Gasteiger partial charge >= 0.3 is 12.1 Å². The summed E-state index contributed by atoms with van der Waals surface area (Å²) in [5.74, 6) is 0.199. The summed E-state index contributed by atoms with van der Waals surface area (Å²) in [4.78, 5) is 25.8. The fourth-order valence-electron chi connectivity index (χ4n) is 2.50. The molecule has 0 aromatic heterocycles. The van der Waals surface area contributed by atoms with Crippen molar-refractivity contribution in [2.45, 2.75) is 44.9 Å². The van der Waals surface area contributed by atoms with Crippen molar-refractivity contribution in [2.75, 3.05) is 13.7 Å². The SMILES string of the molecule is COC(=O)[C@@H]1C[C@@H](Oc2cccc(Br)c2)CN1C(=O)OC(C)(C)C. The average molecular weight is 400 g/mol. The largest absolute Gasteiger partial charge is 0.488 e. The Bertz CT molecular complexity index is 613. The quantitative estimate of drug-likeness (QED) is 0.728. The molecule has 1 aliphatic heterocycles. The molecule has 1 saturated heterocycles. The number of methoxy groups -OCH3 is 1. The van der Waals surface area contributed by atoms with Gasteiger partial charge in [-0.2, -0.15) is 0 Å². The first-order chi connectivity index (χ1) is 11.2. The van der Waals surface area contributed by atoms with Gasteiger partial charge in [-0.05, 0) is 39.0 Å². The molecule has 6 nitrogen and oxygen atoms in total. The molecular formula is C17H22BrNO5. The summed E-state index contributed by atoms with van der Waals surface area (Å²) >= 11 is 3.39. The van der Waals surface area contributed by atoms with Crippen molar-refractivity contribution in [1.82, 2.24) is 4.90 Å². The predicted molar refractivity (Wildman–Crippen MR) is 91.9 cm³/mol. The lowest BCUT2D eigenvalue weighted by molar-refractivity contribution is -0.145. The first-order valence-electron chi connectivity index (χ1n) is 7.69. The van der Waals surface area contributed by atoms with E-state index in [1.165, 1.54) is 12.0 Å². The highest BCUT2D eigenvalue weighted by atomic mass is 79.9. The van der Waals surface area contributed by atoms with Crippen LogP contribution in [0.25, 0.3) is 0 Å². The second-order valence-corrected chi connectivity index (χ2v) is 7.52. The number of halogens is 1. The molecule has 0 N–H and O–H groups in total. The number of rotatable bonds is 3. The van der Waals surface area contributed by atoms with Crippen molar-refractivity contribution in [2.24, 2.45) is 0 Å². The third kappa shape index (κ3) is 4.87. The van der Waals surface area contributed by atoms with Crippen molar-refractivity contribution in [3.8, 4) is 5.75 Å². The van der Waals surface area contributed by atoms with Crippen LogP contribution in [-0.4, -0.2) is 48.4 Å². The molecule has 1 fully saturated rings. The van der Waals surface area contributed by atoms with E-state index in [2.05, 4.69) is 15.9 Å². The van der Waals surface area contributed by atoms with Gasteiger partial charge in [0.1, 0.15) is 23.5 Å². The highest BCUT2D eigenvalue weighted by Crippen LogP contribution is 2.27. The van der Waals surface area contributed by atoms with E-state index in [1.807, 2.05) is 24.3 Å². The standard InChI is InChI=1S/C17H22BrNO5/c1-17(2,3)24-16(21)19-10-13(9-14(19)15(20)22-4)23-12-7-5-6-11(18)8-12/h5-8,13-14H,9-10H2,1-4H3/t13-,14+/m1/s1. The van der Waals surface area contributed by atoms with E-state index in [-0.39, 0.29) is 12.6 Å². The second-order valence-electron chi connectivity index (χ2n) is 6.60. The molecule has 0 saturated carbocycles. The van der Waals surface area contributed by atoms with Crippen LogP contribution in [0.1, 0.15) is 27.2 Å². The van der Waals surface area contributed by atoms with Crippen molar-refractivity contribution in [1.29, 1.82) is 0 Å². The zero-order chi connectivity index (χ0) is 17.9. The van der Waals surface area contributed by atoms with E-state index in [9.17, 15) is 9.59 Å². The van der Waals surface area contributed by atoms with Crippen molar-refractivity contribution >= 4 is 28.0 Å². The number of esters is 1. The number of hydrogen-bond acceptors (Lipinski definition) is 5. The van der Waals surface area contributed by atoms with Crippen LogP contribution >= 0.6 is 15.9 Å². The number of likely N-dealkylation sites (tertiary alicyclic amines) is 1. The number of hydrogen-bond donors (Lipinski definition) is 0. The molecule has 7 heteroatoms. The van der Waals surface area contributed by atoms with Gasteiger partial charge in [0.05, 0.1) is 13.7 Å². The average Bonchev–Trinajstić information content (AvgIpc) is 2.88. The summed E-state index contributed by atoms with van der Waals surface area (Å²) in [5.41, 5.74) is -0.638. The summed E-state index contributed by atoms with van der Waals surface area (Å²) in [6, 6.07) is 6.71. The Balaban J connectivity index is 2.11. The van der Waals surface area contributed by atoms with E-state index in [4.69, 9.17) is 14.2 Å². The third-order valence-corrected chi connectivity index (χ3v) is 3.96. The molecule has 2 atom stereocenters. The van der Waals surface area contributed by atoms with Gasteiger partial charge in [0.2, 0.25) is 0 Å². The van der Waals surface area contributed by atoms with Crippen LogP contribution in [0.4, 0.5) is 4.79 Å². The fourth-order valence-corrected chi connectivity index (χ4v) is 2.88. The molecule has 0 spiro atoms. The molecule has 24 heavy (non-hydrogen) atoms. The fraction of sp³-hybridized carbons (Fsp3) is 0.529. The van der Waals surface area contributed by atoms with Gasteiger partial charge in [-0.1, -0.05) is 22.0 Å². The van der Waals surface area contributed by atoms with Gasteiger partial charge in [0, 0.05) is 10.9 Å². The van der Waals surface area contributed by atoms with Crippen LogP contribution in [0.5, 0.6) is 5.75 Å². The van der Waals surface area contributed by atoms with Crippen LogP contribution in [0, 0.1) is 0 Å². The lowest BCUT2D eigenvalue weighted by Crippen LogP contribution is -2.44. The molecule has 0 unspecified atom stereocenters. The van der Waals surface area contributed by atoms with E-state index < -0.39 is 23.7 Å². The maximum atomic E-state index is 12.4. The molecule has 0 aliphatic carbocycles.